The molecule has 0 aliphatic carbocycles. The van der Waals surface area contributed by atoms with Crippen molar-refractivity contribution in [3.05, 3.63) is 107 Å². The van der Waals surface area contributed by atoms with Crippen LogP contribution >= 0.6 is 11.8 Å². The molecular formula is C25H25N3S. The summed E-state index contributed by atoms with van der Waals surface area (Å²) in [4.78, 5) is 0. The highest BCUT2D eigenvalue weighted by Gasteiger charge is 2.15. The van der Waals surface area contributed by atoms with Crippen LogP contribution in [-0.2, 0) is 12.8 Å². The van der Waals surface area contributed by atoms with Gasteiger partial charge in [-0.15, -0.1) is 10.2 Å². The number of aromatic nitrogens is 3. The zero-order chi connectivity index (χ0) is 19.9. The summed E-state index contributed by atoms with van der Waals surface area (Å²) in [6.45, 7) is 2.12. The minimum atomic E-state index is 0.770. The lowest BCUT2D eigenvalue weighted by Crippen LogP contribution is -2.04. The average Bonchev–Trinajstić information content (AvgIpc) is 3.15. The first-order chi connectivity index (χ1) is 14.3. The Labute approximate surface area is 176 Å². The number of hydrogen-bond donors (Lipinski definition) is 0. The first kappa shape index (κ1) is 19.5. The molecule has 146 valence electrons. The second-order valence-corrected chi connectivity index (χ2v) is 8.24. The molecule has 0 unspecified atom stereocenters. The van der Waals surface area contributed by atoms with Crippen LogP contribution in [0.2, 0.25) is 0 Å². The Kier molecular flexibility index (Phi) is 6.42. The largest absolute Gasteiger partial charge is 0.274 e. The molecule has 0 saturated carbocycles. The third kappa shape index (κ3) is 5.15. The van der Waals surface area contributed by atoms with E-state index in [4.69, 9.17) is 0 Å². The lowest BCUT2D eigenvalue weighted by molar-refractivity contribution is 0.842. The SMILES string of the molecule is Cc1cccc(-n2c(Cc3ccccc3)nnc2SCCCc2ccccc2)c1. The number of rotatable bonds is 8. The number of hydrogen-bond acceptors (Lipinski definition) is 3. The summed E-state index contributed by atoms with van der Waals surface area (Å²) in [6.07, 6.45) is 2.97. The van der Waals surface area contributed by atoms with Crippen LogP contribution in [0.5, 0.6) is 0 Å². The molecule has 3 nitrogen and oxygen atoms in total. The molecule has 0 fully saturated rings. The Morgan fingerprint density at radius 2 is 1.52 bits per heavy atom. The summed E-state index contributed by atoms with van der Waals surface area (Å²) in [6, 6.07) is 29.7. The fourth-order valence-electron chi connectivity index (χ4n) is 3.40. The van der Waals surface area contributed by atoms with Crippen molar-refractivity contribution in [3.8, 4) is 5.69 Å². The number of aryl methyl sites for hydroxylation is 2. The topological polar surface area (TPSA) is 30.7 Å². The summed E-state index contributed by atoms with van der Waals surface area (Å²) in [5.41, 5.74) is 5.00. The highest BCUT2D eigenvalue weighted by Crippen LogP contribution is 2.25. The van der Waals surface area contributed by atoms with Gasteiger partial charge in [-0.1, -0.05) is 84.6 Å². The van der Waals surface area contributed by atoms with Gasteiger partial charge in [-0.05, 0) is 48.6 Å². The molecule has 0 bridgehead atoms. The molecule has 0 saturated heterocycles. The number of thioether (sulfide) groups is 1. The predicted octanol–water partition coefficient (Wildman–Crippen LogP) is 5.89. The van der Waals surface area contributed by atoms with E-state index in [9.17, 15) is 0 Å². The molecule has 0 aliphatic rings. The molecule has 0 radical (unpaired) electrons. The van der Waals surface area contributed by atoms with E-state index in [0.29, 0.717) is 0 Å². The lowest BCUT2D eigenvalue weighted by atomic mass is 10.1. The van der Waals surface area contributed by atoms with E-state index >= 15 is 0 Å². The third-order valence-corrected chi connectivity index (χ3v) is 5.86. The van der Waals surface area contributed by atoms with Crippen molar-refractivity contribution < 1.29 is 0 Å². The second-order valence-electron chi connectivity index (χ2n) is 7.17. The van der Waals surface area contributed by atoms with E-state index in [2.05, 4.69) is 101 Å². The zero-order valence-corrected chi connectivity index (χ0v) is 17.5. The molecule has 0 aliphatic heterocycles. The van der Waals surface area contributed by atoms with Gasteiger partial charge in [-0.2, -0.15) is 0 Å². The molecule has 4 heteroatoms. The van der Waals surface area contributed by atoms with Crippen LogP contribution in [0, 0.1) is 6.92 Å². The highest BCUT2D eigenvalue weighted by molar-refractivity contribution is 7.99. The maximum absolute atomic E-state index is 4.55. The van der Waals surface area contributed by atoms with Gasteiger partial charge in [0.15, 0.2) is 5.16 Å². The van der Waals surface area contributed by atoms with Gasteiger partial charge in [-0.3, -0.25) is 4.57 Å². The number of nitrogens with zero attached hydrogens (tertiary/aromatic N) is 3. The minimum absolute atomic E-state index is 0.770. The van der Waals surface area contributed by atoms with E-state index in [1.165, 1.54) is 16.7 Å². The molecule has 0 spiro atoms. The molecule has 4 rings (SSSR count). The number of benzene rings is 3. The summed E-state index contributed by atoms with van der Waals surface area (Å²) in [5, 5.41) is 10.1. The zero-order valence-electron chi connectivity index (χ0n) is 16.7. The maximum Gasteiger partial charge on any atom is 0.195 e. The van der Waals surface area contributed by atoms with Crippen molar-refractivity contribution in [1.29, 1.82) is 0 Å². The molecule has 1 aromatic heterocycles. The van der Waals surface area contributed by atoms with Crippen LogP contribution in [0.15, 0.2) is 90.1 Å². The molecule has 1 heterocycles. The first-order valence-corrected chi connectivity index (χ1v) is 11.0. The third-order valence-electron chi connectivity index (χ3n) is 4.85. The normalized spacial score (nSPS) is 10.9. The van der Waals surface area contributed by atoms with E-state index in [1.54, 1.807) is 11.8 Å². The predicted molar refractivity (Wildman–Crippen MR) is 121 cm³/mol. The van der Waals surface area contributed by atoms with Crippen molar-refractivity contribution >= 4 is 11.8 Å². The summed E-state index contributed by atoms with van der Waals surface area (Å²) >= 11 is 1.79. The lowest BCUT2D eigenvalue weighted by Gasteiger charge is -2.11. The van der Waals surface area contributed by atoms with Crippen LogP contribution in [0.1, 0.15) is 28.9 Å². The second kappa shape index (κ2) is 9.57. The Morgan fingerprint density at radius 3 is 2.24 bits per heavy atom. The molecule has 4 aromatic rings. The molecule has 3 aromatic carbocycles. The molecule has 0 N–H and O–H groups in total. The van der Waals surface area contributed by atoms with Crippen LogP contribution in [0.25, 0.3) is 5.69 Å². The monoisotopic (exact) mass is 399 g/mol. The van der Waals surface area contributed by atoms with Crippen molar-refractivity contribution in [3.63, 3.8) is 0 Å². The standard InChI is InChI=1S/C25H25N3S/c1-20-10-8-16-23(18-20)28-24(19-22-13-6-3-7-14-22)26-27-25(28)29-17-9-15-21-11-4-2-5-12-21/h2-8,10-14,16,18H,9,15,17,19H2,1H3. The van der Waals surface area contributed by atoms with Gasteiger partial charge in [0.05, 0.1) is 0 Å². The Hall–Kier alpha value is -2.85. The Balaban J connectivity index is 1.53. The Bertz CT molecular complexity index is 1040. The first-order valence-electron chi connectivity index (χ1n) is 10.0. The summed E-state index contributed by atoms with van der Waals surface area (Å²) in [7, 11) is 0. The van der Waals surface area contributed by atoms with Crippen molar-refractivity contribution in [2.24, 2.45) is 0 Å². The summed E-state index contributed by atoms with van der Waals surface area (Å²) in [5.74, 6) is 2.00. The fourth-order valence-corrected chi connectivity index (χ4v) is 4.31. The highest BCUT2D eigenvalue weighted by atomic mass is 32.2. The van der Waals surface area contributed by atoms with Gasteiger partial charge >= 0.3 is 0 Å². The smallest absolute Gasteiger partial charge is 0.195 e. The molecule has 0 atom stereocenters. The van der Waals surface area contributed by atoms with E-state index in [-0.39, 0.29) is 0 Å². The summed E-state index contributed by atoms with van der Waals surface area (Å²) < 4.78 is 2.22. The van der Waals surface area contributed by atoms with Gasteiger partial charge in [0, 0.05) is 17.9 Å². The maximum atomic E-state index is 4.55. The molecule has 29 heavy (non-hydrogen) atoms. The van der Waals surface area contributed by atoms with Gasteiger partial charge in [0.2, 0.25) is 0 Å². The van der Waals surface area contributed by atoms with E-state index < -0.39 is 0 Å². The van der Waals surface area contributed by atoms with Gasteiger partial charge in [0.25, 0.3) is 0 Å². The van der Waals surface area contributed by atoms with Crippen LogP contribution in [-0.4, -0.2) is 20.5 Å². The van der Waals surface area contributed by atoms with Crippen LogP contribution < -0.4 is 0 Å². The van der Waals surface area contributed by atoms with Crippen molar-refractivity contribution in [1.82, 2.24) is 14.8 Å². The van der Waals surface area contributed by atoms with E-state index in [0.717, 1.165) is 41.7 Å². The van der Waals surface area contributed by atoms with Crippen LogP contribution in [0.4, 0.5) is 0 Å². The van der Waals surface area contributed by atoms with Crippen molar-refractivity contribution in [2.45, 2.75) is 31.3 Å². The minimum Gasteiger partial charge on any atom is -0.274 e. The quantitative estimate of drug-likeness (QED) is 0.273. The fraction of sp³-hybridized carbons (Fsp3) is 0.200. The van der Waals surface area contributed by atoms with Crippen molar-refractivity contribution in [2.75, 3.05) is 5.75 Å². The molecule has 0 amide bonds. The van der Waals surface area contributed by atoms with Gasteiger partial charge < -0.3 is 0 Å². The van der Waals surface area contributed by atoms with Crippen LogP contribution in [0.3, 0.4) is 0 Å². The van der Waals surface area contributed by atoms with E-state index in [1.807, 2.05) is 6.07 Å². The van der Waals surface area contributed by atoms with Gasteiger partial charge in [-0.25, -0.2) is 0 Å². The molecular weight excluding hydrogens is 374 g/mol. The average molecular weight is 400 g/mol. The Morgan fingerprint density at radius 1 is 0.793 bits per heavy atom. The van der Waals surface area contributed by atoms with Gasteiger partial charge in [0.1, 0.15) is 5.82 Å².